The van der Waals surface area contributed by atoms with Crippen molar-refractivity contribution >= 4 is 150 Å². The van der Waals surface area contributed by atoms with Gasteiger partial charge in [0.05, 0.1) is 26.4 Å². The Morgan fingerprint density at radius 3 is 1.00 bits per heavy atom. The molecule has 0 atom stereocenters. The molecule has 3 aromatic carbocycles. The van der Waals surface area contributed by atoms with Gasteiger partial charge in [-0.25, -0.2) is 0 Å². The van der Waals surface area contributed by atoms with Gasteiger partial charge in [0.1, 0.15) is 0 Å². The van der Waals surface area contributed by atoms with Crippen molar-refractivity contribution in [1.82, 2.24) is 0 Å². The minimum absolute atomic E-state index is 0. The molecule has 0 bridgehead atoms. The van der Waals surface area contributed by atoms with Gasteiger partial charge in [0.25, 0.3) is 0 Å². The fourth-order valence-corrected chi connectivity index (χ4v) is 17.2. The average molecular weight is 996 g/mol. The van der Waals surface area contributed by atoms with Crippen LogP contribution in [0.3, 0.4) is 0 Å². The van der Waals surface area contributed by atoms with Gasteiger partial charge in [-0.15, -0.1) is 68.0 Å². The molecular formula is C46H48BBr2O2S6-. The standard InChI is InChI=1S/C26H24S3.C9H13BO2.C8H2Br2S3.C2H6.CH3/c1-13-7-15(3)23(16(4)8-13)19-11-21-25(28-19)26-22(27-21)12-20(29-26)24-17(5)9-14(2)10-18(24)6;1-6-4-7(2)9(10(11)12)8(3)5-6;9-5-1-3-7(12-5)8-4(11-3)2-6(10)13-8;1-2;/h7-12H,1-6H3;4-5,11-12H,1-3H3;1-2H;1-2H3;1H3/q;;;;-1. The van der Waals surface area contributed by atoms with E-state index in [1.54, 1.807) is 0 Å². The van der Waals surface area contributed by atoms with Crippen LogP contribution in [0.4, 0.5) is 0 Å². The van der Waals surface area contributed by atoms with Crippen LogP contribution in [0.5, 0.6) is 0 Å². The van der Waals surface area contributed by atoms with E-state index in [9.17, 15) is 0 Å². The van der Waals surface area contributed by atoms with Crippen LogP contribution in [0.2, 0.25) is 0 Å². The van der Waals surface area contributed by atoms with Crippen molar-refractivity contribution in [2.75, 3.05) is 0 Å². The van der Waals surface area contributed by atoms with Crippen LogP contribution in [-0.4, -0.2) is 17.2 Å². The predicted octanol–water partition coefficient (Wildman–Crippen LogP) is 16.8. The molecule has 6 aromatic heterocycles. The first-order chi connectivity index (χ1) is 26.6. The lowest BCUT2D eigenvalue weighted by Gasteiger charge is -2.09. The minimum atomic E-state index is -1.36. The zero-order valence-electron chi connectivity index (χ0n) is 34.5. The monoisotopic (exact) mass is 993 g/mol. The van der Waals surface area contributed by atoms with Crippen LogP contribution in [0.1, 0.15) is 63.9 Å². The Morgan fingerprint density at radius 2 is 0.684 bits per heavy atom. The fourth-order valence-electron chi connectivity index (χ4n) is 7.60. The SMILES string of the molecule is Brc1cc2sc3cc(Br)sc3c2s1.CC.Cc1cc(C)c(-c2cc3sc4cc(-c5c(C)cc(C)cc5C)sc4c3s2)c(C)c1.Cc1cc(C)c(B(O)O)c(C)c1.[CH3-]. The lowest BCUT2D eigenvalue weighted by Crippen LogP contribution is -2.34. The Bertz CT molecular complexity index is 2620. The van der Waals surface area contributed by atoms with E-state index in [2.05, 4.69) is 122 Å². The van der Waals surface area contributed by atoms with Crippen molar-refractivity contribution in [1.29, 1.82) is 0 Å². The third-order valence-corrected chi connectivity index (χ3v) is 18.0. The van der Waals surface area contributed by atoms with Crippen LogP contribution in [-0.2, 0) is 0 Å². The number of fused-ring (bicyclic) bond motifs is 6. The van der Waals surface area contributed by atoms with Crippen molar-refractivity contribution in [3.05, 3.63) is 126 Å². The van der Waals surface area contributed by atoms with E-state index in [-0.39, 0.29) is 7.43 Å². The number of halogens is 2. The molecule has 0 aliphatic rings. The normalized spacial score (nSPS) is 10.9. The number of benzene rings is 3. The molecule has 0 aliphatic carbocycles. The Labute approximate surface area is 379 Å². The molecule has 0 radical (unpaired) electrons. The third kappa shape index (κ3) is 9.75. The van der Waals surface area contributed by atoms with Crippen LogP contribution in [0.25, 0.3) is 58.5 Å². The highest BCUT2D eigenvalue weighted by molar-refractivity contribution is 9.11. The van der Waals surface area contributed by atoms with E-state index in [1.807, 2.05) is 115 Å². The van der Waals surface area contributed by atoms with Crippen molar-refractivity contribution in [2.24, 2.45) is 0 Å². The average Bonchev–Trinajstić information content (AvgIpc) is 3.92. The summed E-state index contributed by atoms with van der Waals surface area (Å²) in [5.74, 6) is 0. The van der Waals surface area contributed by atoms with Gasteiger partial charge in [0, 0.05) is 28.6 Å². The molecule has 0 saturated carbocycles. The van der Waals surface area contributed by atoms with Crippen LogP contribution in [0, 0.1) is 69.7 Å². The largest absolute Gasteiger partial charge is 0.488 e. The second kappa shape index (κ2) is 19.0. The molecule has 0 spiro atoms. The summed E-state index contributed by atoms with van der Waals surface area (Å²) in [6, 6.07) is 22.3. The Morgan fingerprint density at radius 1 is 0.404 bits per heavy atom. The van der Waals surface area contributed by atoms with E-state index in [1.165, 1.54) is 99.4 Å². The molecule has 9 rings (SSSR count). The molecule has 57 heavy (non-hydrogen) atoms. The van der Waals surface area contributed by atoms with Gasteiger partial charge in [-0.1, -0.05) is 78.1 Å². The highest BCUT2D eigenvalue weighted by Crippen LogP contribution is 2.50. The van der Waals surface area contributed by atoms with Gasteiger partial charge in [-0.2, -0.15) is 0 Å². The van der Waals surface area contributed by atoms with Crippen LogP contribution >= 0.6 is 99.9 Å². The van der Waals surface area contributed by atoms with Crippen molar-refractivity contribution in [2.45, 2.75) is 76.2 Å². The van der Waals surface area contributed by atoms with Crippen LogP contribution < -0.4 is 5.46 Å². The zero-order valence-corrected chi connectivity index (χ0v) is 42.5. The highest BCUT2D eigenvalue weighted by Gasteiger charge is 2.19. The molecule has 0 amide bonds. The molecule has 0 aliphatic heterocycles. The molecule has 11 heteroatoms. The van der Waals surface area contributed by atoms with E-state index in [0.29, 0.717) is 5.46 Å². The molecule has 298 valence electrons. The zero-order chi connectivity index (χ0) is 40.7. The number of thiophene rings is 6. The summed E-state index contributed by atoms with van der Waals surface area (Å²) in [6.07, 6.45) is 0. The lowest BCUT2D eigenvalue weighted by atomic mass is 9.74. The third-order valence-electron chi connectivity index (χ3n) is 9.43. The Hall–Kier alpha value is -2.16. The smallest absolute Gasteiger partial charge is 0.423 e. The Kier molecular flexibility index (Phi) is 15.3. The second-order valence-electron chi connectivity index (χ2n) is 14.0. The number of hydrogen-bond acceptors (Lipinski definition) is 8. The predicted molar refractivity (Wildman–Crippen MR) is 273 cm³/mol. The van der Waals surface area contributed by atoms with Gasteiger partial charge >= 0.3 is 7.12 Å². The fraction of sp³-hybridized carbons (Fsp3) is 0.239. The van der Waals surface area contributed by atoms with E-state index >= 15 is 0 Å². The van der Waals surface area contributed by atoms with Gasteiger partial charge in [-0.3, -0.25) is 0 Å². The topological polar surface area (TPSA) is 40.5 Å². The summed E-state index contributed by atoms with van der Waals surface area (Å²) in [5, 5.41) is 18.1. The molecule has 0 saturated heterocycles. The van der Waals surface area contributed by atoms with Crippen molar-refractivity contribution < 1.29 is 10.0 Å². The number of aryl methyl sites for hydroxylation is 9. The number of rotatable bonds is 3. The second-order valence-corrected chi connectivity index (χ2v) is 23.2. The summed E-state index contributed by atoms with van der Waals surface area (Å²) < 4.78 is 13.8. The highest BCUT2D eigenvalue weighted by atomic mass is 79.9. The molecule has 0 unspecified atom stereocenters. The maximum atomic E-state index is 9.03. The van der Waals surface area contributed by atoms with Crippen LogP contribution in [0.15, 0.2) is 68.2 Å². The molecule has 2 nitrogen and oxygen atoms in total. The summed E-state index contributed by atoms with van der Waals surface area (Å²) in [6.45, 7) is 23.1. The summed E-state index contributed by atoms with van der Waals surface area (Å²) in [7, 11) is -1.36. The first kappa shape index (κ1) is 45.9. The lowest BCUT2D eigenvalue weighted by molar-refractivity contribution is 0.425. The maximum absolute atomic E-state index is 9.03. The minimum Gasteiger partial charge on any atom is -0.423 e. The quantitative estimate of drug-likeness (QED) is 0.137. The number of hydrogen-bond donors (Lipinski definition) is 2. The first-order valence-electron chi connectivity index (χ1n) is 18.4. The molecular weight excluding hydrogens is 948 g/mol. The van der Waals surface area contributed by atoms with Gasteiger partial charge in [0.15, 0.2) is 0 Å². The van der Waals surface area contributed by atoms with E-state index in [0.717, 1.165) is 16.7 Å². The molecule has 6 heterocycles. The van der Waals surface area contributed by atoms with Gasteiger partial charge in [0.2, 0.25) is 0 Å². The van der Waals surface area contributed by atoms with Crippen molar-refractivity contribution in [3.8, 4) is 20.9 Å². The Balaban J connectivity index is 0.000000183. The summed E-state index contributed by atoms with van der Waals surface area (Å²) >= 11 is 18.4. The summed E-state index contributed by atoms with van der Waals surface area (Å²) in [4.78, 5) is 2.81. The van der Waals surface area contributed by atoms with Crippen molar-refractivity contribution in [3.63, 3.8) is 0 Å². The van der Waals surface area contributed by atoms with Gasteiger partial charge < -0.3 is 17.5 Å². The van der Waals surface area contributed by atoms with E-state index < -0.39 is 7.12 Å². The first-order valence-corrected chi connectivity index (χ1v) is 24.9. The maximum Gasteiger partial charge on any atom is 0.488 e. The molecule has 9 aromatic rings. The molecule has 0 fully saturated rings. The van der Waals surface area contributed by atoms with Gasteiger partial charge in [-0.05, 0) is 157 Å². The summed E-state index contributed by atoms with van der Waals surface area (Å²) in [5.41, 5.74) is 14.7. The van der Waals surface area contributed by atoms with E-state index in [4.69, 9.17) is 10.0 Å². The molecule has 2 N–H and O–H groups in total.